The summed E-state index contributed by atoms with van der Waals surface area (Å²) in [7, 11) is 0. The van der Waals surface area contributed by atoms with Crippen molar-refractivity contribution in [2.75, 3.05) is 6.54 Å². The summed E-state index contributed by atoms with van der Waals surface area (Å²) >= 11 is 0. The Morgan fingerprint density at radius 3 is 2.67 bits per heavy atom. The van der Waals surface area contributed by atoms with Crippen LogP contribution in [0.5, 0.6) is 5.75 Å². The smallest absolute Gasteiger partial charge is 0.336 e. The summed E-state index contributed by atoms with van der Waals surface area (Å²) in [5, 5.41) is 12.5. The van der Waals surface area contributed by atoms with E-state index in [9.17, 15) is 19.5 Å². The highest BCUT2D eigenvalue weighted by Gasteiger charge is 2.23. The quantitative estimate of drug-likeness (QED) is 0.189. The van der Waals surface area contributed by atoms with Crippen LogP contribution in [0.25, 0.3) is 11.0 Å². The molecule has 0 bridgehead atoms. The molecule has 0 aliphatic heterocycles. The Bertz CT molecular complexity index is 996. The number of hydrogen-bond acceptors (Lipinski definition) is 6. The van der Waals surface area contributed by atoms with E-state index in [1.54, 1.807) is 12.1 Å². The van der Waals surface area contributed by atoms with Crippen molar-refractivity contribution in [2.45, 2.75) is 45.3 Å². The van der Waals surface area contributed by atoms with Gasteiger partial charge in [-0.05, 0) is 43.9 Å². The molecule has 2 rings (SSSR count). The molecule has 0 spiro atoms. The molecule has 30 heavy (non-hydrogen) atoms. The molecule has 2 aromatic rings. The highest BCUT2D eigenvalue weighted by Crippen LogP contribution is 2.23. The molecule has 0 aliphatic carbocycles. The summed E-state index contributed by atoms with van der Waals surface area (Å²) in [5.41, 5.74) is 11.2. The van der Waals surface area contributed by atoms with Crippen LogP contribution < -0.4 is 27.1 Å². The third kappa shape index (κ3) is 6.23. The summed E-state index contributed by atoms with van der Waals surface area (Å²) in [5.74, 6) is -1.51. The first-order valence-electron chi connectivity index (χ1n) is 9.53. The van der Waals surface area contributed by atoms with Crippen LogP contribution in [0.3, 0.4) is 0 Å². The molecule has 1 aromatic carbocycles. The third-order valence-electron chi connectivity index (χ3n) is 4.42. The van der Waals surface area contributed by atoms with Gasteiger partial charge in [-0.3, -0.25) is 9.79 Å². The molecule has 162 valence electrons. The van der Waals surface area contributed by atoms with Crippen LogP contribution in [-0.4, -0.2) is 41.6 Å². The number of amides is 1. The van der Waals surface area contributed by atoms with Crippen LogP contribution in [0.15, 0.2) is 38.5 Å². The number of ether oxygens (including phenoxy) is 1. The molecule has 10 heteroatoms. The molecule has 1 aromatic heterocycles. The summed E-state index contributed by atoms with van der Waals surface area (Å²) < 4.78 is 10.8. The molecule has 10 nitrogen and oxygen atoms in total. The molecule has 1 amide bonds. The lowest BCUT2D eigenvalue weighted by molar-refractivity contribution is -0.143. The number of nitrogens with zero attached hydrogens (tertiary/aromatic N) is 1. The second kappa shape index (κ2) is 10.3. The van der Waals surface area contributed by atoms with Gasteiger partial charge in [-0.2, -0.15) is 0 Å². The van der Waals surface area contributed by atoms with Gasteiger partial charge in [0.15, 0.2) is 12.1 Å². The first-order chi connectivity index (χ1) is 14.2. The Kier molecular flexibility index (Phi) is 7.79. The second-order valence-electron chi connectivity index (χ2n) is 6.71. The minimum Gasteiger partial charge on any atom is -0.481 e. The second-order valence-corrected chi connectivity index (χ2v) is 6.71. The third-order valence-corrected chi connectivity index (χ3v) is 4.42. The van der Waals surface area contributed by atoms with E-state index in [4.69, 9.17) is 20.6 Å². The lowest BCUT2D eigenvalue weighted by Crippen LogP contribution is -2.46. The number of rotatable bonds is 10. The number of fused-ring (bicyclic) bond motifs is 1. The summed E-state index contributed by atoms with van der Waals surface area (Å²) in [6, 6.07) is 5.29. The number of carboxylic acid groups (broad SMARTS) is 1. The zero-order valence-corrected chi connectivity index (χ0v) is 16.9. The molecule has 2 atom stereocenters. The lowest BCUT2D eigenvalue weighted by atomic mass is 10.1. The van der Waals surface area contributed by atoms with Crippen molar-refractivity contribution in [3.63, 3.8) is 0 Å². The molecule has 0 aliphatic rings. The van der Waals surface area contributed by atoms with Gasteiger partial charge >= 0.3 is 11.6 Å². The largest absolute Gasteiger partial charge is 0.481 e. The Labute approximate surface area is 172 Å². The molecule has 1 heterocycles. The first kappa shape index (κ1) is 22.7. The Morgan fingerprint density at radius 2 is 2.03 bits per heavy atom. The van der Waals surface area contributed by atoms with E-state index >= 15 is 0 Å². The van der Waals surface area contributed by atoms with Crippen molar-refractivity contribution in [1.82, 2.24) is 5.32 Å². The maximum Gasteiger partial charge on any atom is 0.336 e. The number of aryl methyl sites for hydroxylation is 1. The standard InChI is InChI=1S/C20H26N4O6/c1-3-12-9-17(25)30-16-10-13(6-7-14(12)16)29-11(2)18(26)24-15(19(27)28)5-4-8-23-20(21)22/h6-7,9-11,15H,3-5,8H2,1-2H3,(H,24,26)(H,27,28)(H4,21,22,23). The van der Waals surface area contributed by atoms with Crippen LogP contribution in [-0.2, 0) is 16.0 Å². The maximum absolute atomic E-state index is 12.4. The Morgan fingerprint density at radius 1 is 1.30 bits per heavy atom. The number of benzene rings is 1. The number of aliphatic carboxylic acids is 1. The van der Waals surface area contributed by atoms with Crippen molar-refractivity contribution in [3.8, 4) is 5.75 Å². The molecule has 0 radical (unpaired) electrons. The maximum atomic E-state index is 12.4. The molecule has 0 saturated heterocycles. The fourth-order valence-corrected chi connectivity index (χ4v) is 2.88. The van der Waals surface area contributed by atoms with Gasteiger partial charge in [0.1, 0.15) is 17.4 Å². The number of nitrogens with one attached hydrogen (secondary N) is 1. The Balaban J connectivity index is 2.04. The van der Waals surface area contributed by atoms with Crippen LogP contribution >= 0.6 is 0 Å². The van der Waals surface area contributed by atoms with Crippen molar-refractivity contribution >= 4 is 28.8 Å². The van der Waals surface area contributed by atoms with Gasteiger partial charge in [0.25, 0.3) is 5.91 Å². The van der Waals surface area contributed by atoms with Crippen LogP contribution in [0.2, 0.25) is 0 Å². The van der Waals surface area contributed by atoms with Gasteiger partial charge in [-0.1, -0.05) is 6.92 Å². The monoisotopic (exact) mass is 418 g/mol. The van der Waals surface area contributed by atoms with Crippen molar-refractivity contribution < 1.29 is 23.8 Å². The molecular weight excluding hydrogens is 392 g/mol. The average molecular weight is 418 g/mol. The first-order valence-corrected chi connectivity index (χ1v) is 9.53. The summed E-state index contributed by atoms with van der Waals surface area (Å²) in [6.45, 7) is 3.69. The van der Waals surface area contributed by atoms with E-state index in [1.807, 2.05) is 6.92 Å². The summed E-state index contributed by atoms with van der Waals surface area (Å²) in [4.78, 5) is 39.2. The van der Waals surface area contributed by atoms with E-state index in [-0.39, 0.29) is 18.9 Å². The van der Waals surface area contributed by atoms with Crippen molar-refractivity contribution in [1.29, 1.82) is 0 Å². The fraction of sp³-hybridized carbons (Fsp3) is 0.400. The number of carbonyl (C=O) groups is 2. The predicted molar refractivity (Wildman–Crippen MR) is 111 cm³/mol. The predicted octanol–water partition coefficient (Wildman–Crippen LogP) is 0.746. The van der Waals surface area contributed by atoms with Crippen molar-refractivity contribution in [2.24, 2.45) is 16.5 Å². The molecule has 2 unspecified atom stereocenters. The van der Waals surface area contributed by atoms with E-state index in [0.717, 1.165) is 10.9 Å². The van der Waals surface area contributed by atoms with Crippen LogP contribution in [0.1, 0.15) is 32.3 Å². The normalized spacial score (nSPS) is 12.7. The number of carbonyl (C=O) groups excluding carboxylic acids is 1. The number of guanidine groups is 1. The Hall–Kier alpha value is -3.56. The van der Waals surface area contributed by atoms with Gasteiger partial charge in [0.2, 0.25) is 0 Å². The van der Waals surface area contributed by atoms with Crippen molar-refractivity contribution in [3.05, 3.63) is 40.2 Å². The lowest BCUT2D eigenvalue weighted by Gasteiger charge is -2.19. The minimum absolute atomic E-state index is 0.0785. The van der Waals surface area contributed by atoms with E-state index in [0.29, 0.717) is 24.2 Å². The highest BCUT2D eigenvalue weighted by molar-refractivity contribution is 5.86. The van der Waals surface area contributed by atoms with E-state index in [1.165, 1.54) is 19.1 Å². The zero-order valence-electron chi connectivity index (χ0n) is 16.9. The summed E-state index contributed by atoms with van der Waals surface area (Å²) in [6.07, 6.45) is 0.239. The van der Waals surface area contributed by atoms with Gasteiger partial charge in [0, 0.05) is 24.1 Å². The number of aliphatic imine (C=N–C) groups is 1. The average Bonchev–Trinajstić information content (AvgIpc) is 2.68. The SMILES string of the molecule is CCc1cc(=O)oc2cc(OC(C)C(=O)NC(CCCN=C(N)N)C(=O)O)ccc12. The van der Waals surface area contributed by atoms with Gasteiger partial charge in [-0.15, -0.1) is 0 Å². The van der Waals surface area contributed by atoms with Crippen LogP contribution in [0.4, 0.5) is 0 Å². The number of nitrogens with two attached hydrogens (primary N) is 2. The van der Waals surface area contributed by atoms with E-state index < -0.39 is 29.6 Å². The van der Waals surface area contributed by atoms with Gasteiger partial charge in [0.05, 0.1) is 0 Å². The number of carboxylic acids is 1. The van der Waals surface area contributed by atoms with Crippen LogP contribution in [0, 0.1) is 0 Å². The molecular formula is C20H26N4O6. The number of hydrogen-bond donors (Lipinski definition) is 4. The molecule has 0 fully saturated rings. The molecule has 6 N–H and O–H groups in total. The highest BCUT2D eigenvalue weighted by atomic mass is 16.5. The van der Waals surface area contributed by atoms with Gasteiger partial charge < -0.3 is 31.0 Å². The van der Waals surface area contributed by atoms with Gasteiger partial charge in [-0.25, -0.2) is 9.59 Å². The zero-order chi connectivity index (χ0) is 22.3. The topological polar surface area (TPSA) is 170 Å². The fourth-order valence-electron chi connectivity index (χ4n) is 2.88. The minimum atomic E-state index is -1.17. The molecule has 0 saturated carbocycles. The van der Waals surface area contributed by atoms with E-state index in [2.05, 4.69) is 10.3 Å².